The lowest BCUT2D eigenvalue weighted by Crippen LogP contribution is -2.24. The minimum Gasteiger partial charge on any atom is -0.489 e. The van der Waals surface area contributed by atoms with Crippen LogP contribution < -0.4 is 10.0 Å². The van der Waals surface area contributed by atoms with Crippen molar-refractivity contribution in [1.82, 2.24) is 0 Å². The van der Waals surface area contributed by atoms with E-state index in [1.54, 1.807) is 0 Å². The molecule has 0 fully saturated rings. The summed E-state index contributed by atoms with van der Waals surface area (Å²) in [4.78, 5) is 4.31. The monoisotopic (exact) mass is 431 g/mol. The van der Waals surface area contributed by atoms with Crippen LogP contribution in [0.5, 0.6) is 5.75 Å². The van der Waals surface area contributed by atoms with E-state index in [0.717, 1.165) is 18.6 Å². The largest absolute Gasteiger partial charge is 0.489 e. The molecular weight excluding hydrogens is 397 g/mol. The normalized spacial score (nSPS) is 12.2. The van der Waals surface area contributed by atoms with Crippen LogP contribution in [0.15, 0.2) is 71.7 Å². The van der Waals surface area contributed by atoms with Gasteiger partial charge in [-0.2, -0.15) is 0 Å². The molecule has 0 radical (unpaired) electrons. The van der Waals surface area contributed by atoms with Gasteiger partial charge in [0.25, 0.3) is 0 Å². The van der Waals surface area contributed by atoms with Crippen LogP contribution in [0.25, 0.3) is 0 Å². The van der Waals surface area contributed by atoms with Gasteiger partial charge in [0.2, 0.25) is 0 Å². The maximum Gasteiger partial charge on any atom is 0.123 e. The van der Waals surface area contributed by atoms with Gasteiger partial charge < -0.3 is 4.74 Å². The number of nitrogens with zero attached hydrogens (tertiary/aromatic N) is 1. The van der Waals surface area contributed by atoms with E-state index < -0.39 is 0 Å². The zero-order chi connectivity index (χ0) is 22.3. The van der Waals surface area contributed by atoms with E-state index in [1.165, 1.54) is 33.1 Å². The number of aryl methyl sites for hydroxylation is 2. The van der Waals surface area contributed by atoms with Gasteiger partial charge in [-0.15, -0.1) is 0 Å². The van der Waals surface area contributed by atoms with Crippen molar-refractivity contribution in [3.8, 4) is 5.75 Å². The van der Waals surface area contributed by atoms with Gasteiger partial charge in [-0.05, 0) is 55.3 Å². The predicted octanol–water partition coefficient (Wildman–Crippen LogP) is 6.95. The summed E-state index contributed by atoms with van der Waals surface area (Å²) in [6.07, 6.45) is 4.11. The van der Waals surface area contributed by atoms with Crippen molar-refractivity contribution in [1.29, 1.82) is 0 Å². The van der Waals surface area contributed by atoms with Crippen molar-refractivity contribution in [2.24, 2.45) is 4.99 Å². The first-order valence-electron chi connectivity index (χ1n) is 11.1. The lowest BCUT2D eigenvalue weighted by molar-refractivity contribution is 0.298. The maximum absolute atomic E-state index is 6.40. The highest BCUT2D eigenvalue weighted by molar-refractivity contribution is 7.48. The van der Waals surface area contributed by atoms with Crippen LogP contribution in [0.4, 0.5) is 0 Å². The molecule has 0 saturated carbocycles. The lowest BCUT2D eigenvalue weighted by atomic mass is 9.90. The van der Waals surface area contributed by atoms with Crippen molar-refractivity contribution in [3.63, 3.8) is 0 Å². The molecule has 0 N–H and O–H groups in total. The van der Waals surface area contributed by atoms with E-state index in [9.17, 15) is 0 Å². The molecule has 0 bridgehead atoms. The molecule has 3 rings (SSSR count). The highest BCUT2D eigenvalue weighted by Gasteiger charge is 2.32. The summed E-state index contributed by atoms with van der Waals surface area (Å²) >= 11 is 0. The van der Waals surface area contributed by atoms with Crippen LogP contribution in [-0.4, -0.2) is 13.3 Å². The average Bonchev–Trinajstić information content (AvgIpc) is 2.79. The van der Waals surface area contributed by atoms with Crippen molar-refractivity contribution in [2.45, 2.75) is 52.3 Å². The third-order valence-electron chi connectivity index (χ3n) is 5.94. The second-order valence-electron chi connectivity index (χ2n) is 8.17. The van der Waals surface area contributed by atoms with E-state index in [0.29, 0.717) is 15.2 Å². The molecular formula is C28H34NOP. The second kappa shape index (κ2) is 10.7. The molecule has 3 aromatic rings. The molecule has 0 saturated heterocycles. The van der Waals surface area contributed by atoms with Crippen LogP contribution in [0, 0.1) is 13.8 Å². The first-order chi connectivity index (χ1) is 15.0. The van der Waals surface area contributed by atoms with Gasteiger partial charge in [0.15, 0.2) is 0 Å². The molecule has 0 aromatic heterocycles. The van der Waals surface area contributed by atoms with Crippen molar-refractivity contribution >= 4 is 20.1 Å². The maximum atomic E-state index is 6.40. The molecule has 1 atom stereocenters. The first-order valence-corrected chi connectivity index (χ1v) is 12.1. The summed E-state index contributed by atoms with van der Waals surface area (Å²) in [7, 11) is 2.49. The Bertz CT molecular complexity index is 1020. The van der Waals surface area contributed by atoms with Gasteiger partial charge in [0, 0.05) is 24.0 Å². The smallest absolute Gasteiger partial charge is 0.123 e. The van der Waals surface area contributed by atoms with Crippen molar-refractivity contribution < 1.29 is 4.74 Å². The third-order valence-corrected chi connectivity index (χ3v) is 8.12. The van der Waals surface area contributed by atoms with Crippen LogP contribution in [0.3, 0.4) is 0 Å². The second-order valence-corrected chi connectivity index (χ2v) is 9.91. The topological polar surface area (TPSA) is 21.6 Å². The summed E-state index contributed by atoms with van der Waals surface area (Å²) in [5, 5.41) is 1.40. The molecule has 0 spiro atoms. The van der Waals surface area contributed by atoms with Crippen molar-refractivity contribution in [2.75, 3.05) is 7.05 Å². The number of hydrogen-bond acceptors (Lipinski definition) is 2. The van der Waals surface area contributed by atoms with E-state index in [4.69, 9.17) is 4.74 Å². The fourth-order valence-electron chi connectivity index (χ4n) is 4.05. The minimum atomic E-state index is 0.0314. The number of aliphatic imine (C=N–C) groups is 1. The Morgan fingerprint density at radius 3 is 2.26 bits per heavy atom. The van der Waals surface area contributed by atoms with Gasteiger partial charge >= 0.3 is 0 Å². The van der Waals surface area contributed by atoms with Crippen LogP contribution in [-0.2, 0) is 11.8 Å². The molecule has 1 unspecified atom stereocenters. The Labute approximate surface area is 189 Å². The summed E-state index contributed by atoms with van der Waals surface area (Å²) < 4.78 is 6.40. The summed E-state index contributed by atoms with van der Waals surface area (Å²) in [6, 6.07) is 23.8. The van der Waals surface area contributed by atoms with Gasteiger partial charge in [0.05, 0.1) is 0 Å². The molecule has 0 aliphatic carbocycles. The summed E-state index contributed by atoms with van der Waals surface area (Å²) in [6.45, 7) is 9.51. The summed E-state index contributed by atoms with van der Waals surface area (Å²) in [5.74, 6) is 1.00. The molecule has 162 valence electrons. The molecule has 0 amide bonds. The number of hydrogen-bond donors (Lipinski definition) is 0. The molecule has 31 heavy (non-hydrogen) atoms. The average molecular weight is 432 g/mol. The molecule has 0 aliphatic rings. The van der Waals surface area contributed by atoms with Gasteiger partial charge in [-0.3, -0.25) is 4.99 Å². The fourth-order valence-corrected chi connectivity index (χ4v) is 5.70. The number of rotatable bonds is 9. The van der Waals surface area contributed by atoms with E-state index >= 15 is 0 Å². The third kappa shape index (κ3) is 5.63. The zero-order valence-corrected chi connectivity index (χ0v) is 20.4. The van der Waals surface area contributed by atoms with Crippen LogP contribution in [0.2, 0.25) is 0 Å². The Hall–Kier alpha value is -2.44. The lowest BCUT2D eigenvalue weighted by Gasteiger charge is -2.35. The number of ether oxygens (including phenoxy) is 1. The van der Waals surface area contributed by atoms with Gasteiger partial charge in [0.1, 0.15) is 12.4 Å². The molecule has 3 heteroatoms. The van der Waals surface area contributed by atoms with E-state index in [-0.39, 0.29) is 5.16 Å². The van der Waals surface area contributed by atoms with Crippen LogP contribution in [0.1, 0.15) is 54.5 Å². The molecule has 0 heterocycles. The van der Waals surface area contributed by atoms with E-state index in [2.05, 4.69) is 93.4 Å². The van der Waals surface area contributed by atoms with Crippen molar-refractivity contribution in [3.05, 3.63) is 94.5 Å². The quantitative estimate of drug-likeness (QED) is 0.265. The molecule has 3 aromatic carbocycles. The molecule has 2 nitrogen and oxygen atoms in total. The highest BCUT2D eigenvalue weighted by Crippen LogP contribution is 2.50. The van der Waals surface area contributed by atoms with E-state index in [1.807, 2.05) is 19.3 Å². The van der Waals surface area contributed by atoms with Gasteiger partial charge in [-0.1, -0.05) is 88.2 Å². The zero-order valence-electron chi connectivity index (χ0n) is 19.4. The Kier molecular flexibility index (Phi) is 8.04. The highest BCUT2D eigenvalue weighted by atomic mass is 31.1. The Morgan fingerprint density at radius 2 is 1.58 bits per heavy atom. The standard InChI is InChI=1S/C28H34NOP/c1-6-28(7-2,31-27-16-14-21(3)17-24(27)19-29-5)25-18-22(4)13-15-26(25)30-20-23-11-9-8-10-12-23/h8-19,31H,6-7,20H2,1-5H3/b29-19+. The number of benzene rings is 3. The Balaban J connectivity index is 2.01. The fraction of sp³-hybridized carbons (Fsp3) is 0.321. The SMILES string of the molecule is CCC(CC)(Pc1ccc(C)cc1/C=N/C)c1cc(C)ccc1OCc1ccccc1. The Morgan fingerprint density at radius 1 is 0.903 bits per heavy atom. The minimum absolute atomic E-state index is 0.0314. The first kappa shape index (κ1) is 23.2. The van der Waals surface area contributed by atoms with Gasteiger partial charge in [-0.25, -0.2) is 0 Å². The van der Waals surface area contributed by atoms with Crippen LogP contribution >= 0.6 is 8.58 Å². The predicted molar refractivity (Wildman–Crippen MR) is 137 cm³/mol. The molecule has 0 aliphatic heterocycles. The summed E-state index contributed by atoms with van der Waals surface area (Å²) in [5.41, 5.74) is 6.29.